The minimum atomic E-state index is -4.70. The van der Waals surface area contributed by atoms with Gasteiger partial charge >= 0.3 is 6.36 Å². The van der Waals surface area contributed by atoms with Gasteiger partial charge in [0.1, 0.15) is 5.75 Å². The fourth-order valence-electron chi connectivity index (χ4n) is 2.95. The van der Waals surface area contributed by atoms with Crippen LogP contribution in [0.3, 0.4) is 0 Å². The summed E-state index contributed by atoms with van der Waals surface area (Å²) in [6, 6.07) is 6.28. The Labute approximate surface area is 132 Å². The summed E-state index contributed by atoms with van der Waals surface area (Å²) in [6.07, 6.45) is -1.07. The van der Waals surface area contributed by atoms with E-state index in [2.05, 4.69) is 15.0 Å². The third kappa shape index (κ3) is 4.86. The van der Waals surface area contributed by atoms with E-state index >= 15 is 0 Å². The largest absolute Gasteiger partial charge is 0.573 e. The summed E-state index contributed by atoms with van der Waals surface area (Å²) >= 11 is 0. The van der Waals surface area contributed by atoms with Crippen molar-refractivity contribution in [3.05, 3.63) is 29.8 Å². The van der Waals surface area contributed by atoms with Gasteiger partial charge in [0.05, 0.1) is 6.42 Å². The van der Waals surface area contributed by atoms with Crippen molar-refractivity contribution < 1.29 is 22.7 Å². The second kappa shape index (κ2) is 6.39. The number of halogens is 3. The molecule has 0 spiro atoms. The molecule has 3 rings (SSSR count). The van der Waals surface area contributed by atoms with Crippen LogP contribution < -0.4 is 10.1 Å². The SMILES string of the molecule is O=C(Cc1ccc(OC(F)(F)F)cc1)N[C@@H]1CCN(C2CC2)C1. The first-order valence-electron chi connectivity index (χ1n) is 7.77. The predicted molar refractivity (Wildman–Crippen MR) is 78.0 cm³/mol. The zero-order valence-electron chi connectivity index (χ0n) is 12.6. The van der Waals surface area contributed by atoms with Crippen LogP contribution in [0.15, 0.2) is 24.3 Å². The maximum Gasteiger partial charge on any atom is 0.573 e. The van der Waals surface area contributed by atoms with Crippen molar-refractivity contribution in [2.24, 2.45) is 0 Å². The zero-order chi connectivity index (χ0) is 16.4. The van der Waals surface area contributed by atoms with Crippen molar-refractivity contribution in [1.82, 2.24) is 10.2 Å². The van der Waals surface area contributed by atoms with Crippen molar-refractivity contribution in [3.63, 3.8) is 0 Å². The van der Waals surface area contributed by atoms with E-state index in [0.29, 0.717) is 11.6 Å². The van der Waals surface area contributed by atoms with Crippen molar-refractivity contribution in [3.8, 4) is 5.75 Å². The first kappa shape index (κ1) is 16.1. The minimum Gasteiger partial charge on any atom is -0.406 e. The molecular weight excluding hydrogens is 309 g/mol. The Balaban J connectivity index is 1.46. The summed E-state index contributed by atoms with van der Waals surface area (Å²) in [4.78, 5) is 14.4. The van der Waals surface area contributed by atoms with E-state index in [-0.39, 0.29) is 24.1 Å². The normalized spacial score (nSPS) is 22.1. The number of carbonyl (C=O) groups excluding carboxylic acids is 1. The summed E-state index contributed by atoms with van der Waals surface area (Å²) < 4.78 is 40.0. The standard InChI is InChI=1S/C16H19F3N2O2/c17-16(18,19)23-14-5-1-11(2-6-14)9-15(22)20-12-7-8-21(10-12)13-3-4-13/h1-2,5-6,12-13H,3-4,7-10H2,(H,20,22)/t12-/m1/s1. The molecule has 1 atom stereocenters. The highest BCUT2D eigenvalue weighted by Crippen LogP contribution is 2.29. The monoisotopic (exact) mass is 328 g/mol. The Kier molecular flexibility index (Phi) is 4.48. The highest BCUT2D eigenvalue weighted by Gasteiger charge is 2.34. The van der Waals surface area contributed by atoms with Crippen LogP contribution in [0.1, 0.15) is 24.8 Å². The van der Waals surface area contributed by atoms with Gasteiger partial charge in [-0.2, -0.15) is 0 Å². The minimum absolute atomic E-state index is 0.0999. The molecule has 0 aromatic heterocycles. The molecule has 1 N–H and O–H groups in total. The van der Waals surface area contributed by atoms with Crippen molar-refractivity contribution >= 4 is 5.91 Å². The number of ether oxygens (including phenoxy) is 1. The molecule has 1 aliphatic heterocycles. The predicted octanol–water partition coefficient (Wildman–Crippen LogP) is 2.48. The molecule has 0 unspecified atom stereocenters. The number of alkyl halides is 3. The topological polar surface area (TPSA) is 41.6 Å². The molecule has 2 fully saturated rings. The summed E-state index contributed by atoms with van der Waals surface area (Å²) in [6.45, 7) is 1.92. The highest BCUT2D eigenvalue weighted by atomic mass is 19.4. The second-order valence-electron chi connectivity index (χ2n) is 6.15. The molecule has 1 amide bonds. The average Bonchev–Trinajstić information content (AvgIpc) is 3.20. The molecule has 126 valence electrons. The zero-order valence-corrected chi connectivity index (χ0v) is 12.6. The maximum absolute atomic E-state index is 12.1. The molecule has 0 radical (unpaired) electrons. The van der Waals surface area contributed by atoms with Gasteiger partial charge in [0.15, 0.2) is 0 Å². The van der Waals surface area contributed by atoms with Gasteiger partial charge in [-0.25, -0.2) is 0 Å². The van der Waals surface area contributed by atoms with Gasteiger partial charge in [-0.3, -0.25) is 9.69 Å². The lowest BCUT2D eigenvalue weighted by atomic mass is 10.1. The molecule has 1 aromatic carbocycles. The van der Waals surface area contributed by atoms with E-state index in [1.54, 1.807) is 0 Å². The molecule has 1 saturated heterocycles. The smallest absolute Gasteiger partial charge is 0.406 e. The van der Waals surface area contributed by atoms with Crippen molar-refractivity contribution in [1.29, 1.82) is 0 Å². The molecule has 2 aliphatic rings. The van der Waals surface area contributed by atoms with E-state index < -0.39 is 6.36 Å². The first-order chi connectivity index (χ1) is 10.9. The molecule has 1 aromatic rings. The first-order valence-corrected chi connectivity index (χ1v) is 7.77. The molecule has 1 heterocycles. The number of benzene rings is 1. The Hall–Kier alpha value is -1.76. The van der Waals surface area contributed by atoms with Crippen LogP contribution in [0.5, 0.6) is 5.75 Å². The van der Waals surface area contributed by atoms with Crippen molar-refractivity contribution in [2.45, 2.75) is 44.1 Å². The fraction of sp³-hybridized carbons (Fsp3) is 0.562. The maximum atomic E-state index is 12.1. The quantitative estimate of drug-likeness (QED) is 0.903. The van der Waals surface area contributed by atoms with Crippen LogP contribution in [0.2, 0.25) is 0 Å². The van der Waals surface area contributed by atoms with E-state index in [4.69, 9.17) is 0 Å². The van der Waals surface area contributed by atoms with Crippen LogP contribution in [-0.2, 0) is 11.2 Å². The lowest BCUT2D eigenvalue weighted by Crippen LogP contribution is -2.38. The fourth-order valence-corrected chi connectivity index (χ4v) is 2.95. The molecule has 7 heteroatoms. The summed E-state index contributed by atoms with van der Waals surface area (Å²) in [5.41, 5.74) is 0.661. The average molecular weight is 328 g/mol. The third-order valence-corrected chi connectivity index (χ3v) is 4.17. The Morgan fingerprint density at radius 1 is 1.22 bits per heavy atom. The second-order valence-corrected chi connectivity index (χ2v) is 6.15. The van der Waals surface area contributed by atoms with Gasteiger partial charge in [-0.05, 0) is 37.0 Å². The van der Waals surface area contributed by atoms with Crippen LogP contribution >= 0.6 is 0 Å². The molecule has 4 nitrogen and oxygen atoms in total. The Morgan fingerprint density at radius 2 is 1.91 bits per heavy atom. The van der Waals surface area contributed by atoms with Gasteiger partial charge in [0.25, 0.3) is 0 Å². The number of nitrogens with zero attached hydrogens (tertiary/aromatic N) is 1. The van der Waals surface area contributed by atoms with E-state index in [0.717, 1.165) is 19.5 Å². The lowest BCUT2D eigenvalue weighted by Gasteiger charge is -2.16. The summed E-state index contributed by atoms with van der Waals surface area (Å²) in [5.74, 6) is -0.380. The van der Waals surface area contributed by atoms with Crippen molar-refractivity contribution in [2.75, 3.05) is 13.1 Å². The van der Waals surface area contributed by atoms with Crippen LogP contribution in [0.4, 0.5) is 13.2 Å². The number of nitrogens with one attached hydrogen (secondary N) is 1. The number of carbonyl (C=O) groups is 1. The molecule has 23 heavy (non-hydrogen) atoms. The number of hydrogen-bond acceptors (Lipinski definition) is 3. The van der Waals surface area contributed by atoms with E-state index in [1.807, 2.05) is 0 Å². The third-order valence-electron chi connectivity index (χ3n) is 4.17. The van der Waals surface area contributed by atoms with Gasteiger partial charge in [0.2, 0.25) is 5.91 Å². The molecule has 0 bridgehead atoms. The molecule has 1 aliphatic carbocycles. The number of amides is 1. The van der Waals surface area contributed by atoms with Gasteiger partial charge in [0, 0.05) is 25.2 Å². The Bertz CT molecular complexity index is 555. The van der Waals surface area contributed by atoms with Crippen LogP contribution in [0, 0.1) is 0 Å². The lowest BCUT2D eigenvalue weighted by molar-refractivity contribution is -0.274. The summed E-state index contributed by atoms with van der Waals surface area (Å²) in [7, 11) is 0. The van der Waals surface area contributed by atoms with Gasteiger partial charge in [-0.1, -0.05) is 12.1 Å². The van der Waals surface area contributed by atoms with E-state index in [9.17, 15) is 18.0 Å². The number of hydrogen-bond donors (Lipinski definition) is 1. The molecular formula is C16H19F3N2O2. The van der Waals surface area contributed by atoms with Crippen LogP contribution in [0.25, 0.3) is 0 Å². The summed E-state index contributed by atoms with van der Waals surface area (Å²) in [5, 5.41) is 3.00. The Morgan fingerprint density at radius 3 is 2.52 bits per heavy atom. The van der Waals surface area contributed by atoms with E-state index in [1.165, 1.54) is 37.1 Å². The van der Waals surface area contributed by atoms with Gasteiger partial charge < -0.3 is 10.1 Å². The molecule has 1 saturated carbocycles. The highest BCUT2D eigenvalue weighted by molar-refractivity contribution is 5.79. The van der Waals surface area contributed by atoms with Gasteiger partial charge in [-0.15, -0.1) is 13.2 Å². The van der Waals surface area contributed by atoms with Crippen LogP contribution in [-0.4, -0.2) is 42.3 Å². The number of likely N-dealkylation sites (tertiary alicyclic amines) is 1. The number of rotatable bonds is 5.